The first-order valence-corrected chi connectivity index (χ1v) is 10.9. The number of rotatable bonds is 14. The van der Waals surface area contributed by atoms with Crippen molar-refractivity contribution in [2.24, 2.45) is 5.73 Å². The van der Waals surface area contributed by atoms with E-state index in [0.717, 1.165) is 44.1 Å². The molecule has 2 aromatic carbocycles. The molecule has 0 aliphatic rings. The van der Waals surface area contributed by atoms with E-state index < -0.39 is 5.97 Å². The molecule has 1 atom stereocenters. The van der Waals surface area contributed by atoms with Crippen LogP contribution in [0.2, 0.25) is 0 Å². The van der Waals surface area contributed by atoms with E-state index >= 15 is 0 Å². The number of nitrogen functional groups attached to an aromatic ring is 1. The third-order valence-electron chi connectivity index (χ3n) is 5.28. The fourth-order valence-electron chi connectivity index (χ4n) is 3.57. The molecule has 0 radical (unpaired) electrons. The van der Waals surface area contributed by atoms with Crippen LogP contribution in [-0.4, -0.2) is 28.9 Å². The van der Waals surface area contributed by atoms with Crippen molar-refractivity contribution in [2.75, 3.05) is 0 Å². The standard InChI is InChI=1S/C25H33N3O3/c26-25(27)21-16-14-20(15-17-21)11-5-7-13-23(29)28-22(18-24(30)31)12-6-4-10-19-8-2-1-3-9-19/h1-3,8-9,14-17,22H,4-7,10-13,18H2,(H3,26,27)(H,28,29)(H,30,31). The summed E-state index contributed by atoms with van der Waals surface area (Å²) in [5.41, 5.74) is 8.58. The average Bonchev–Trinajstić information content (AvgIpc) is 2.75. The number of benzene rings is 2. The highest BCUT2D eigenvalue weighted by Crippen LogP contribution is 2.12. The number of amidine groups is 1. The smallest absolute Gasteiger partial charge is 0.305 e. The third-order valence-corrected chi connectivity index (χ3v) is 5.28. The molecule has 0 aliphatic heterocycles. The maximum Gasteiger partial charge on any atom is 0.305 e. The van der Waals surface area contributed by atoms with Crippen LogP contribution in [0.15, 0.2) is 54.6 Å². The van der Waals surface area contributed by atoms with Gasteiger partial charge in [0, 0.05) is 18.0 Å². The van der Waals surface area contributed by atoms with Gasteiger partial charge in [0.05, 0.1) is 6.42 Å². The molecule has 2 aromatic rings. The van der Waals surface area contributed by atoms with Crippen LogP contribution in [-0.2, 0) is 22.4 Å². The van der Waals surface area contributed by atoms with Crippen molar-refractivity contribution in [3.63, 3.8) is 0 Å². The quantitative estimate of drug-likeness (QED) is 0.208. The lowest BCUT2D eigenvalue weighted by atomic mass is 10.0. The molecule has 1 unspecified atom stereocenters. The topological polar surface area (TPSA) is 116 Å². The van der Waals surface area contributed by atoms with Crippen molar-refractivity contribution in [2.45, 2.75) is 63.8 Å². The van der Waals surface area contributed by atoms with Crippen molar-refractivity contribution < 1.29 is 14.7 Å². The van der Waals surface area contributed by atoms with Gasteiger partial charge >= 0.3 is 5.97 Å². The molecule has 166 valence electrons. The van der Waals surface area contributed by atoms with Crippen LogP contribution in [0.5, 0.6) is 0 Å². The Morgan fingerprint density at radius 3 is 2.13 bits per heavy atom. The number of amides is 1. The molecule has 0 saturated carbocycles. The number of hydrogen-bond donors (Lipinski definition) is 4. The zero-order valence-corrected chi connectivity index (χ0v) is 18.0. The second-order valence-corrected chi connectivity index (χ2v) is 7.91. The van der Waals surface area contributed by atoms with Gasteiger partial charge in [0.2, 0.25) is 5.91 Å². The maximum absolute atomic E-state index is 12.3. The van der Waals surface area contributed by atoms with E-state index in [1.165, 1.54) is 5.56 Å². The van der Waals surface area contributed by atoms with Gasteiger partial charge in [-0.2, -0.15) is 0 Å². The Kier molecular flexibility index (Phi) is 10.3. The minimum atomic E-state index is -0.887. The minimum absolute atomic E-state index is 0.0421. The summed E-state index contributed by atoms with van der Waals surface area (Å²) in [7, 11) is 0. The zero-order valence-electron chi connectivity index (χ0n) is 18.0. The highest BCUT2D eigenvalue weighted by Gasteiger charge is 2.15. The number of carboxylic acid groups (broad SMARTS) is 1. The van der Waals surface area contributed by atoms with E-state index in [-0.39, 0.29) is 24.2 Å². The van der Waals surface area contributed by atoms with Crippen molar-refractivity contribution in [3.05, 3.63) is 71.3 Å². The lowest BCUT2D eigenvalue weighted by Gasteiger charge is -2.17. The van der Waals surface area contributed by atoms with E-state index in [1.54, 1.807) is 0 Å². The molecule has 31 heavy (non-hydrogen) atoms. The Balaban J connectivity index is 1.66. The fourth-order valence-corrected chi connectivity index (χ4v) is 3.57. The Morgan fingerprint density at radius 1 is 0.903 bits per heavy atom. The fraction of sp³-hybridized carbons (Fsp3) is 0.400. The molecule has 0 saturated heterocycles. The highest BCUT2D eigenvalue weighted by atomic mass is 16.4. The van der Waals surface area contributed by atoms with Crippen molar-refractivity contribution in [3.8, 4) is 0 Å². The molecular formula is C25H33N3O3. The van der Waals surface area contributed by atoms with Crippen LogP contribution in [0.3, 0.4) is 0 Å². The van der Waals surface area contributed by atoms with E-state index in [1.807, 2.05) is 42.5 Å². The van der Waals surface area contributed by atoms with Crippen molar-refractivity contribution in [1.82, 2.24) is 5.32 Å². The van der Waals surface area contributed by atoms with Gasteiger partial charge < -0.3 is 16.2 Å². The van der Waals surface area contributed by atoms with Gasteiger partial charge in [0.15, 0.2) is 0 Å². The highest BCUT2D eigenvalue weighted by molar-refractivity contribution is 5.94. The van der Waals surface area contributed by atoms with Crippen molar-refractivity contribution in [1.29, 1.82) is 5.41 Å². The summed E-state index contributed by atoms with van der Waals surface area (Å²) in [5.74, 6) is -0.914. The molecule has 2 rings (SSSR count). The normalized spacial score (nSPS) is 11.6. The number of nitrogens with one attached hydrogen (secondary N) is 2. The second-order valence-electron chi connectivity index (χ2n) is 7.91. The molecule has 0 aliphatic carbocycles. The number of carboxylic acids is 1. The summed E-state index contributed by atoms with van der Waals surface area (Å²) in [5, 5.41) is 19.5. The number of carbonyl (C=O) groups excluding carboxylic acids is 1. The van der Waals surface area contributed by atoms with Gasteiger partial charge in [0.25, 0.3) is 0 Å². The molecule has 0 aromatic heterocycles. The first-order valence-electron chi connectivity index (χ1n) is 10.9. The predicted octanol–water partition coefficient (Wildman–Crippen LogP) is 4.06. The van der Waals surface area contributed by atoms with Gasteiger partial charge in [-0.15, -0.1) is 0 Å². The Labute approximate surface area is 184 Å². The van der Waals surface area contributed by atoms with Crippen LogP contribution in [0.4, 0.5) is 0 Å². The summed E-state index contributed by atoms with van der Waals surface area (Å²) in [6.07, 6.45) is 6.30. The maximum atomic E-state index is 12.3. The van der Waals surface area contributed by atoms with Gasteiger partial charge in [-0.25, -0.2) is 0 Å². The van der Waals surface area contributed by atoms with Crippen LogP contribution in [0.25, 0.3) is 0 Å². The SMILES string of the molecule is N=C(N)c1ccc(CCCCC(=O)NC(CCCCc2ccccc2)CC(=O)O)cc1. The van der Waals surface area contributed by atoms with Crippen molar-refractivity contribution >= 4 is 17.7 Å². The summed E-state index contributed by atoms with van der Waals surface area (Å²) in [4.78, 5) is 23.4. The van der Waals surface area contributed by atoms with Gasteiger partial charge in [-0.1, -0.05) is 61.0 Å². The van der Waals surface area contributed by atoms with Gasteiger partial charge in [0.1, 0.15) is 5.84 Å². The lowest BCUT2D eigenvalue weighted by Crippen LogP contribution is -2.36. The van der Waals surface area contributed by atoms with E-state index in [0.29, 0.717) is 18.4 Å². The summed E-state index contributed by atoms with van der Waals surface area (Å²) in [6, 6.07) is 17.5. The van der Waals surface area contributed by atoms with Gasteiger partial charge in [-0.05, 0) is 49.7 Å². The lowest BCUT2D eigenvalue weighted by molar-refractivity contribution is -0.137. The molecule has 1 amide bonds. The monoisotopic (exact) mass is 423 g/mol. The van der Waals surface area contributed by atoms with Gasteiger partial charge in [-0.3, -0.25) is 15.0 Å². The van der Waals surface area contributed by atoms with E-state index in [2.05, 4.69) is 17.4 Å². The number of aryl methyl sites for hydroxylation is 2. The summed E-state index contributed by atoms with van der Waals surface area (Å²) >= 11 is 0. The number of nitrogens with two attached hydrogens (primary N) is 1. The number of hydrogen-bond acceptors (Lipinski definition) is 3. The molecule has 5 N–H and O–H groups in total. The second kappa shape index (κ2) is 13.2. The predicted molar refractivity (Wildman–Crippen MR) is 123 cm³/mol. The molecule has 6 nitrogen and oxygen atoms in total. The first-order chi connectivity index (χ1) is 14.9. The number of carbonyl (C=O) groups is 2. The van der Waals surface area contributed by atoms with E-state index in [4.69, 9.17) is 16.2 Å². The van der Waals surface area contributed by atoms with Crippen LogP contribution < -0.4 is 11.1 Å². The van der Waals surface area contributed by atoms with Crippen LogP contribution in [0.1, 0.15) is 61.6 Å². The Morgan fingerprint density at radius 2 is 1.52 bits per heavy atom. The Bertz CT molecular complexity index is 835. The molecule has 6 heteroatoms. The number of unbranched alkanes of at least 4 members (excludes halogenated alkanes) is 2. The molecule has 0 bridgehead atoms. The van der Waals surface area contributed by atoms with Crippen LogP contribution in [0, 0.1) is 5.41 Å². The average molecular weight is 424 g/mol. The van der Waals surface area contributed by atoms with Crippen LogP contribution >= 0.6 is 0 Å². The minimum Gasteiger partial charge on any atom is -0.481 e. The largest absolute Gasteiger partial charge is 0.481 e. The van der Waals surface area contributed by atoms with E-state index in [9.17, 15) is 9.59 Å². The summed E-state index contributed by atoms with van der Waals surface area (Å²) in [6.45, 7) is 0. The molecule has 0 spiro atoms. The first kappa shape index (κ1) is 24.1. The molecular weight excluding hydrogens is 390 g/mol. The molecule has 0 fully saturated rings. The zero-order chi connectivity index (χ0) is 22.5. The Hall–Kier alpha value is -3.15. The summed E-state index contributed by atoms with van der Waals surface area (Å²) < 4.78 is 0. The molecule has 0 heterocycles. The third kappa shape index (κ3) is 9.94. The number of aliphatic carboxylic acids is 1.